The lowest BCUT2D eigenvalue weighted by atomic mass is 10.2. The van der Waals surface area contributed by atoms with Gasteiger partial charge in [-0.3, -0.25) is 4.79 Å². The van der Waals surface area contributed by atoms with Gasteiger partial charge in [0.2, 0.25) is 10.0 Å². The number of anilines is 1. The minimum Gasteiger partial charge on any atom is -0.493 e. The number of rotatable bonds is 7. The predicted molar refractivity (Wildman–Crippen MR) is 97.5 cm³/mol. The molecule has 0 aromatic heterocycles. The van der Waals surface area contributed by atoms with Gasteiger partial charge in [-0.2, -0.15) is 0 Å². The van der Waals surface area contributed by atoms with Gasteiger partial charge in [0, 0.05) is 19.8 Å². The van der Waals surface area contributed by atoms with E-state index in [-0.39, 0.29) is 10.8 Å². The van der Waals surface area contributed by atoms with Crippen molar-refractivity contribution in [2.45, 2.75) is 18.2 Å². The summed E-state index contributed by atoms with van der Waals surface area (Å²) in [5.74, 6) is 0.212. The predicted octanol–water partition coefficient (Wildman–Crippen LogP) is 2.98. The molecule has 1 amide bonds. The largest absolute Gasteiger partial charge is 0.493 e. The lowest BCUT2D eigenvalue weighted by molar-refractivity contribution is 0.102. The Balaban J connectivity index is 2.17. The van der Waals surface area contributed by atoms with Crippen LogP contribution in [-0.2, 0) is 10.0 Å². The van der Waals surface area contributed by atoms with Gasteiger partial charge < -0.3 is 10.1 Å². The molecule has 0 heterocycles. The monoisotopic (exact) mass is 362 g/mol. The first-order valence-corrected chi connectivity index (χ1v) is 9.36. The van der Waals surface area contributed by atoms with E-state index in [4.69, 9.17) is 4.74 Å². The van der Waals surface area contributed by atoms with Crippen molar-refractivity contribution in [1.82, 2.24) is 4.31 Å². The number of carbonyl (C=O) groups is 1. The Morgan fingerprint density at radius 2 is 1.72 bits per heavy atom. The summed E-state index contributed by atoms with van der Waals surface area (Å²) in [7, 11) is -0.550. The minimum atomic E-state index is -3.49. The van der Waals surface area contributed by atoms with Gasteiger partial charge in [-0.25, -0.2) is 12.7 Å². The van der Waals surface area contributed by atoms with Crippen molar-refractivity contribution < 1.29 is 17.9 Å². The second-order valence-electron chi connectivity index (χ2n) is 5.61. The average Bonchev–Trinajstić information content (AvgIpc) is 2.60. The Labute approximate surface area is 148 Å². The maximum absolute atomic E-state index is 12.5. The summed E-state index contributed by atoms with van der Waals surface area (Å²) in [6.45, 7) is 2.52. The van der Waals surface area contributed by atoms with Crippen molar-refractivity contribution in [3.05, 3.63) is 54.1 Å². The van der Waals surface area contributed by atoms with Crippen molar-refractivity contribution in [3.8, 4) is 5.75 Å². The second-order valence-corrected chi connectivity index (χ2v) is 7.76. The molecule has 0 radical (unpaired) electrons. The third kappa shape index (κ3) is 4.58. The van der Waals surface area contributed by atoms with Crippen LogP contribution in [0.25, 0.3) is 0 Å². The Morgan fingerprint density at radius 3 is 2.32 bits per heavy atom. The molecule has 2 rings (SSSR count). The molecule has 1 N–H and O–H groups in total. The zero-order valence-corrected chi connectivity index (χ0v) is 15.3. The third-order valence-electron chi connectivity index (χ3n) is 3.48. The number of carbonyl (C=O) groups excluding carboxylic acids is 1. The fourth-order valence-corrected chi connectivity index (χ4v) is 3.01. The first kappa shape index (κ1) is 19.0. The van der Waals surface area contributed by atoms with Gasteiger partial charge in [0.1, 0.15) is 5.75 Å². The summed E-state index contributed by atoms with van der Waals surface area (Å²) in [5, 5.41) is 2.76. The third-order valence-corrected chi connectivity index (χ3v) is 5.31. The van der Waals surface area contributed by atoms with Crippen LogP contribution in [-0.4, -0.2) is 39.3 Å². The van der Waals surface area contributed by atoms with Gasteiger partial charge in [0.15, 0.2) is 0 Å². The standard InChI is InChI=1S/C18H22N2O4S/c1-4-13-24-17-8-6-5-7-16(17)18(21)19-14-9-11-15(12-10-14)25(22,23)20(2)3/h5-12H,4,13H2,1-3H3,(H,19,21). The molecule has 0 atom stereocenters. The highest BCUT2D eigenvalue weighted by Crippen LogP contribution is 2.21. The number of hydrogen-bond donors (Lipinski definition) is 1. The molecule has 0 aliphatic heterocycles. The highest BCUT2D eigenvalue weighted by molar-refractivity contribution is 7.89. The van der Waals surface area contributed by atoms with E-state index < -0.39 is 10.0 Å². The summed E-state index contributed by atoms with van der Waals surface area (Å²) >= 11 is 0. The maximum Gasteiger partial charge on any atom is 0.259 e. The molecule has 6 nitrogen and oxygen atoms in total. The molecular weight excluding hydrogens is 340 g/mol. The zero-order valence-electron chi connectivity index (χ0n) is 14.5. The molecule has 2 aromatic carbocycles. The van der Waals surface area contributed by atoms with Crippen LogP contribution in [0.15, 0.2) is 53.4 Å². The van der Waals surface area contributed by atoms with Crippen LogP contribution in [0.5, 0.6) is 5.75 Å². The molecule has 25 heavy (non-hydrogen) atoms. The van der Waals surface area contributed by atoms with Crippen LogP contribution in [0.3, 0.4) is 0 Å². The fraction of sp³-hybridized carbons (Fsp3) is 0.278. The Morgan fingerprint density at radius 1 is 1.08 bits per heavy atom. The van der Waals surface area contributed by atoms with E-state index in [1.54, 1.807) is 30.3 Å². The van der Waals surface area contributed by atoms with E-state index in [0.29, 0.717) is 23.6 Å². The summed E-state index contributed by atoms with van der Waals surface area (Å²) < 4.78 is 30.8. The Hall–Kier alpha value is -2.38. The molecule has 134 valence electrons. The molecule has 0 unspecified atom stereocenters. The van der Waals surface area contributed by atoms with Gasteiger partial charge in [0.25, 0.3) is 5.91 Å². The molecule has 2 aromatic rings. The highest BCUT2D eigenvalue weighted by Gasteiger charge is 2.17. The van der Waals surface area contributed by atoms with Crippen LogP contribution in [0.4, 0.5) is 5.69 Å². The lowest BCUT2D eigenvalue weighted by Gasteiger charge is -2.13. The Kier molecular flexibility index (Phi) is 6.17. The van der Waals surface area contributed by atoms with E-state index in [2.05, 4.69) is 5.32 Å². The van der Waals surface area contributed by atoms with Crippen molar-refractivity contribution >= 4 is 21.6 Å². The summed E-state index contributed by atoms with van der Waals surface area (Å²) in [4.78, 5) is 12.6. The van der Waals surface area contributed by atoms with Crippen molar-refractivity contribution in [2.75, 3.05) is 26.0 Å². The molecule has 0 bridgehead atoms. The van der Waals surface area contributed by atoms with Crippen LogP contribution >= 0.6 is 0 Å². The normalized spacial score (nSPS) is 11.4. The topological polar surface area (TPSA) is 75.7 Å². The molecule has 0 aliphatic rings. The number of sulfonamides is 1. The zero-order chi connectivity index (χ0) is 18.4. The number of hydrogen-bond acceptors (Lipinski definition) is 4. The first-order chi connectivity index (χ1) is 11.9. The minimum absolute atomic E-state index is 0.169. The first-order valence-electron chi connectivity index (χ1n) is 7.92. The number of para-hydroxylation sites is 1. The molecule has 0 aliphatic carbocycles. The van der Waals surface area contributed by atoms with Gasteiger partial charge in [-0.1, -0.05) is 19.1 Å². The van der Waals surface area contributed by atoms with Gasteiger partial charge in [-0.05, 0) is 42.8 Å². The SMILES string of the molecule is CCCOc1ccccc1C(=O)Nc1ccc(S(=O)(=O)N(C)C)cc1. The molecular formula is C18H22N2O4S. The number of nitrogens with one attached hydrogen (secondary N) is 1. The van der Waals surface area contributed by atoms with Gasteiger partial charge >= 0.3 is 0 Å². The van der Waals surface area contributed by atoms with Crippen LogP contribution in [0, 0.1) is 0 Å². The summed E-state index contributed by atoms with van der Waals surface area (Å²) in [5.41, 5.74) is 0.939. The smallest absolute Gasteiger partial charge is 0.259 e. The summed E-state index contributed by atoms with van der Waals surface area (Å²) in [6.07, 6.45) is 0.845. The van der Waals surface area contributed by atoms with Gasteiger partial charge in [-0.15, -0.1) is 0 Å². The molecule has 0 spiro atoms. The van der Waals surface area contributed by atoms with Crippen LogP contribution in [0.2, 0.25) is 0 Å². The highest BCUT2D eigenvalue weighted by atomic mass is 32.2. The quantitative estimate of drug-likeness (QED) is 0.822. The molecule has 0 fully saturated rings. The molecule has 0 saturated heterocycles. The van der Waals surface area contributed by atoms with E-state index in [1.807, 2.05) is 13.0 Å². The molecule has 7 heteroatoms. The number of nitrogens with zero attached hydrogens (tertiary/aromatic N) is 1. The van der Waals surface area contributed by atoms with Crippen LogP contribution < -0.4 is 10.1 Å². The average molecular weight is 362 g/mol. The van der Waals surface area contributed by atoms with Crippen molar-refractivity contribution in [2.24, 2.45) is 0 Å². The summed E-state index contributed by atoms with van der Waals surface area (Å²) in [6, 6.07) is 13.0. The van der Waals surface area contributed by atoms with E-state index in [9.17, 15) is 13.2 Å². The van der Waals surface area contributed by atoms with Crippen molar-refractivity contribution in [3.63, 3.8) is 0 Å². The second kappa shape index (κ2) is 8.13. The van der Waals surface area contributed by atoms with Crippen LogP contribution in [0.1, 0.15) is 23.7 Å². The van der Waals surface area contributed by atoms with Gasteiger partial charge in [0.05, 0.1) is 17.1 Å². The van der Waals surface area contributed by atoms with Crippen molar-refractivity contribution in [1.29, 1.82) is 0 Å². The van der Waals surface area contributed by atoms with E-state index >= 15 is 0 Å². The number of amides is 1. The lowest BCUT2D eigenvalue weighted by Crippen LogP contribution is -2.22. The van der Waals surface area contributed by atoms with E-state index in [1.165, 1.54) is 26.2 Å². The maximum atomic E-state index is 12.5. The molecule has 0 saturated carbocycles. The van der Waals surface area contributed by atoms with E-state index in [0.717, 1.165) is 10.7 Å². The number of benzene rings is 2. The number of ether oxygens (including phenoxy) is 1. The fourth-order valence-electron chi connectivity index (χ4n) is 2.11. The Bertz CT molecular complexity index is 830.